The lowest BCUT2D eigenvalue weighted by atomic mass is 10.0. The van der Waals surface area contributed by atoms with Crippen molar-refractivity contribution in [2.24, 2.45) is 0 Å². The van der Waals surface area contributed by atoms with Gasteiger partial charge in [0, 0.05) is 12.0 Å². The number of carboxylic acids is 1. The van der Waals surface area contributed by atoms with Gasteiger partial charge in [0.15, 0.2) is 0 Å². The molecule has 0 unspecified atom stereocenters. The number of nitrogens with one attached hydrogen (secondary N) is 1. The van der Waals surface area contributed by atoms with Crippen LogP contribution in [0.2, 0.25) is 0 Å². The van der Waals surface area contributed by atoms with Crippen molar-refractivity contribution in [2.75, 3.05) is 7.11 Å². The average molecular weight is 456 g/mol. The highest BCUT2D eigenvalue weighted by atomic mass is 16.5. The number of carbonyl (C=O) groups is 2. The second-order valence-electron chi connectivity index (χ2n) is 7.92. The molecule has 6 heteroatoms. The van der Waals surface area contributed by atoms with Gasteiger partial charge in [0.25, 0.3) is 5.91 Å². The first kappa shape index (κ1) is 22.9. The Kier molecular flexibility index (Phi) is 7.08. The maximum absolute atomic E-state index is 12.8. The largest absolute Gasteiger partial charge is 0.497 e. The van der Waals surface area contributed by atoms with Gasteiger partial charge < -0.3 is 19.9 Å². The zero-order chi connectivity index (χ0) is 23.9. The van der Waals surface area contributed by atoms with Crippen LogP contribution in [-0.4, -0.2) is 30.1 Å². The summed E-state index contributed by atoms with van der Waals surface area (Å²) in [7, 11) is 1.63. The summed E-state index contributed by atoms with van der Waals surface area (Å²) in [6.07, 6.45) is 0.212. The van der Waals surface area contributed by atoms with E-state index >= 15 is 0 Å². The van der Waals surface area contributed by atoms with E-state index in [-0.39, 0.29) is 6.42 Å². The van der Waals surface area contributed by atoms with E-state index in [4.69, 9.17) is 9.47 Å². The quantitative estimate of drug-likeness (QED) is 0.377. The Morgan fingerprint density at radius 2 is 1.56 bits per heavy atom. The van der Waals surface area contributed by atoms with Crippen LogP contribution in [0, 0.1) is 0 Å². The number of benzene rings is 4. The molecule has 1 amide bonds. The van der Waals surface area contributed by atoms with Crippen LogP contribution in [0.4, 0.5) is 0 Å². The fraction of sp³-hybridized carbons (Fsp3) is 0.143. The van der Waals surface area contributed by atoms with Crippen molar-refractivity contribution in [2.45, 2.75) is 19.1 Å². The molecular weight excluding hydrogens is 430 g/mol. The van der Waals surface area contributed by atoms with Gasteiger partial charge in [0.2, 0.25) is 0 Å². The van der Waals surface area contributed by atoms with Gasteiger partial charge in [-0.05, 0) is 58.3 Å². The van der Waals surface area contributed by atoms with Gasteiger partial charge in [-0.15, -0.1) is 0 Å². The molecule has 172 valence electrons. The maximum Gasteiger partial charge on any atom is 0.326 e. The molecule has 4 aromatic rings. The molecule has 0 aliphatic rings. The van der Waals surface area contributed by atoms with Crippen molar-refractivity contribution in [3.63, 3.8) is 0 Å². The van der Waals surface area contributed by atoms with Crippen LogP contribution in [0.5, 0.6) is 11.5 Å². The molecule has 0 bridgehead atoms. The summed E-state index contributed by atoms with van der Waals surface area (Å²) in [4.78, 5) is 24.4. The SMILES string of the molecule is COc1cccc(COc2ccc3cc(C(=O)N[C@@H](Cc4ccccc4)C(=O)O)ccc3c2)c1. The lowest BCUT2D eigenvalue weighted by Crippen LogP contribution is -2.42. The van der Waals surface area contributed by atoms with Gasteiger partial charge in [0.05, 0.1) is 7.11 Å². The molecule has 34 heavy (non-hydrogen) atoms. The first-order chi connectivity index (χ1) is 16.5. The molecule has 0 spiro atoms. The number of carbonyl (C=O) groups excluding carboxylic acids is 1. The number of fused-ring (bicyclic) bond motifs is 1. The third kappa shape index (κ3) is 5.72. The molecule has 4 aromatic carbocycles. The van der Waals surface area contributed by atoms with Gasteiger partial charge in [-0.1, -0.05) is 54.6 Å². The minimum Gasteiger partial charge on any atom is -0.497 e. The lowest BCUT2D eigenvalue weighted by Gasteiger charge is -2.15. The van der Waals surface area contributed by atoms with Crippen LogP contribution in [0.3, 0.4) is 0 Å². The standard InChI is InChI=1S/C28H25NO5/c1-33-24-9-5-8-20(14-24)18-34-25-13-12-21-16-23(11-10-22(21)17-25)27(30)29-26(28(31)32)15-19-6-3-2-4-7-19/h2-14,16-17,26H,15,18H2,1H3,(H,29,30)(H,31,32)/t26-/m0/s1. The Hall–Kier alpha value is -4.32. The molecule has 4 rings (SSSR count). The number of hydrogen-bond donors (Lipinski definition) is 2. The van der Waals surface area contributed by atoms with E-state index in [0.717, 1.165) is 27.6 Å². The fourth-order valence-corrected chi connectivity index (χ4v) is 3.68. The molecule has 6 nitrogen and oxygen atoms in total. The highest BCUT2D eigenvalue weighted by Crippen LogP contribution is 2.23. The van der Waals surface area contributed by atoms with E-state index in [1.54, 1.807) is 19.2 Å². The summed E-state index contributed by atoms with van der Waals surface area (Å²) >= 11 is 0. The van der Waals surface area contributed by atoms with Gasteiger partial charge in [-0.3, -0.25) is 4.79 Å². The molecule has 0 fully saturated rings. The molecular formula is C28H25NO5. The monoisotopic (exact) mass is 455 g/mol. The Morgan fingerprint density at radius 1 is 0.824 bits per heavy atom. The van der Waals surface area contributed by atoms with E-state index in [1.807, 2.05) is 78.9 Å². The number of amides is 1. The molecule has 0 radical (unpaired) electrons. The Morgan fingerprint density at radius 3 is 2.32 bits per heavy atom. The van der Waals surface area contributed by atoms with E-state index in [2.05, 4.69) is 5.32 Å². The third-order valence-electron chi connectivity index (χ3n) is 5.50. The van der Waals surface area contributed by atoms with E-state index in [0.29, 0.717) is 17.9 Å². The summed E-state index contributed by atoms with van der Waals surface area (Å²) < 4.78 is 11.2. The summed E-state index contributed by atoms with van der Waals surface area (Å²) in [5.41, 5.74) is 2.24. The van der Waals surface area contributed by atoms with Crippen molar-refractivity contribution >= 4 is 22.6 Å². The van der Waals surface area contributed by atoms with Crippen LogP contribution in [0.15, 0.2) is 91.0 Å². The van der Waals surface area contributed by atoms with Crippen molar-refractivity contribution in [3.05, 3.63) is 108 Å². The minimum atomic E-state index is -1.07. The van der Waals surface area contributed by atoms with Gasteiger partial charge in [-0.2, -0.15) is 0 Å². The van der Waals surface area contributed by atoms with Crippen LogP contribution < -0.4 is 14.8 Å². The smallest absolute Gasteiger partial charge is 0.326 e. The Labute approximate surface area is 197 Å². The second kappa shape index (κ2) is 10.5. The topological polar surface area (TPSA) is 84.9 Å². The Balaban J connectivity index is 1.44. The van der Waals surface area contributed by atoms with Crippen molar-refractivity contribution in [1.29, 1.82) is 0 Å². The van der Waals surface area contributed by atoms with Crippen molar-refractivity contribution in [3.8, 4) is 11.5 Å². The second-order valence-corrected chi connectivity index (χ2v) is 7.92. The molecule has 2 N–H and O–H groups in total. The number of methoxy groups -OCH3 is 1. The molecule has 0 heterocycles. The number of aliphatic carboxylic acids is 1. The molecule has 0 aliphatic carbocycles. The lowest BCUT2D eigenvalue weighted by molar-refractivity contribution is -0.139. The molecule has 1 atom stereocenters. The minimum absolute atomic E-state index is 0.212. The van der Waals surface area contributed by atoms with Crippen molar-refractivity contribution in [1.82, 2.24) is 5.32 Å². The molecule has 0 saturated carbocycles. The highest BCUT2D eigenvalue weighted by molar-refractivity contribution is 6.00. The zero-order valence-corrected chi connectivity index (χ0v) is 18.7. The van der Waals surface area contributed by atoms with Gasteiger partial charge in [0.1, 0.15) is 24.1 Å². The predicted octanol–water partition coefficient (Wildman–Crippen LogP) is 4.85. The highest BCUT2D eigenvalue weighted by Gasteiger charge is 2.21. The number of ether oxygens (including phenoxy) is 2. The van der Waals surface area contributed by atoms with Crippen LogP contribution in [-0.2, 0) is 17.8 Å². The first-order valence-electron chi connectivity index (χ1n) is 10.9. The first-order valence-corrected chi connectivity index (χ1v) is 10.9. The van der Waals surface area contributed by atoms with Gasteiger partial charge >= 0.3 is 5.97 Å². The Bertz CT molecular complexity index is 1300. The van der Waals surface area contributed by atoms with E-state index in [1.165, 1.54) is 0 Å². The van der Waals surface area contributed by atoms with Crippen LogP contribution in [0.1, 0.15) is 21.5 Å². The molecule has 0 aromatic heterocycles. The summed E-state index contributed by atoms with van der Waals surface area (Å²) in [5.74, 6) is -0.0138. The van der Waals surface area contributed by atoms with Crippen molar-refractivity contribution < 1.29 is 24.2 Å². The number of hydrogen-bond acceptors (Lipinski definition) is 4. The average Bonchev–Trinajstić information content (AvgIpc) is 2.87. The normalized spacial score (nSPS) is 11.6. The number of rotatable bonds is 9. The maximum atomic E-state index is 12.8. The van der Waals surface area contributed by atoms with Crippen LogP contribution in [0.25, 0.3) is 10.8 Å². The third-order valence-corrected chi connectivity index (χ3v) is 5.50. The fourth-order valence-electron chi connectivity index (χ4n) is 3.68. The summed E-state index contributed by atoms with van der Waals surface area (Å²) in [5, 5.41) is 14.0. The van der Waals surface area contributed by atoms with Gasteiger partial charge in [-0.25, -0.2) is 4.79 Å². The molecule has 0 saturated heterocycles. The predicted molar refractivity (Wildman–Crippen MR) is 130 cm³/mol. The number of carboxylic acid groups (broad SMARTS) is 1. The summed E-state index contributed by atoms with van der Waals surface area (Å²) in [6.45, 7) is 0.404. The van der Waals surface area contributed by atoms with E-state index < -0.39 is 17.9 Å². The molecule has 0 aliphatic heterocycles. The van der Waals surface area contributed by atoms with E-state index in [9.17, 15) is 14.7 Å². The summed E-state index contributed by atoms with van der Waals surface area (Å²) in [6, 6.07) is 26.8. The van der Waals surface area contributed by atoms with Crippen LogP contribution >= 0.6 is 0 Å². The zero-order valence-electron chi connectivity index (χ0n) is 18.7.